The minimum atomic E-state index is -0.816. The topological polar surface area (TPSA) is 61.8 Å². The smallest absolute Gasteiger partial charge is 0.187 e. The van der Waals surface area contributed by atoms with Gasteiger partial charge < -0.3 is 10.8 Å². The average molecular weight is 402 g/mol. The first-order chi connectivity index (χ1) is 14.1. The third-order valence-corrected chi connectivity index (χ3v) is 6.26. The summed E-state index contributed by atoms with van der Waals surface area (Å²) in [5.74, 6) is 0. The van der Waals surface area contributed by atoms with Gasteiger partial charge in [-0.3, -0.25) is 0 Å². The molecular weight excluding hydrogens is 378 g/mol. The van der Waals surface area contributed by atoms with Crippen LogP contribution in [0.15, 0.2) is 65.8 Å². The van der Waals surface area contributed by atoms with Gasteiger partial charge in [-0.2, -0.15) is 5.10 Å². The molecule has 29 heavy (non-hydrogen) atoms. The standard InChI is InChI=1S/C24H23N3OS/c25-24(29)27-22(20-11-5-9-16-7-3-4-10-19(16)20)23(28)21(26-27)18-13-12-15-6-1-2-8-17(15)14-18/h3-5,7,9-14,22-23,28H,1-2,6,8H2,(H2,25,29). The van der Waals surface area contributed by atoms with Gasteiger partial charge in [0.2, 0.25) is 0 Å². The molecule has 0 radical (unpaired) electrons. The molecule has 2 atom stereocenters. The Balaban J connectivity index is 1.59. The zero-order valence-electron chi connectivity index (χ0n) is 16.1. The van der Waals surface area contributed by atoms with Crippen LogP contribution in [0.25, 0.3) is 10.8 Å². The van der Waals surface area contributed by atoms with Gasteiger partial charge in [0.25, 0.3) is 0 Å². The number of hydrogen-bond acceptors (Lipinski definition) is 3. The summed E-state index contributed by atoms with van der Waals surface area (Å²) in [6, 6.07) is 20.2. The number of hydrogen-bond donors (Lipinski definition) is 2. The summed E-state index contributed by atoms with van der Waals surface area (Å²) in [6.45, 7) is 0. The van der Waals surface area contributed by atoms with Crippen molar-refractivity contribution in [1.29, 1.82) is 0 Å². The van der Waals surface area contributed by atoms with Crippen molar-refractivity contribution in [1.82, 2.24) is 5.01 Å². The second kappa shape index (κ2) is 7.25. The van der Waals surface area contributed by atoms with Gasteiger partial charge >= 0.3 is 0 Å². The molecule has 0 bridgehead atoms. The zero-order valence-corrected chi connectivity index (χ0v) is 16.9. The highest BCUT2D eigenvalue weighted by atomic mass is 32.1. The number of aryl methyl sites for hydroxylation is 2. The number of rotatable bonds is 2. The Hall–Kier alpha value is -2.76. The molecule has 146 valence electrons. The van der Waals surface area contributed by atoms with Crippen molar-refractivity contribution in [2.75, 3.05) is 0 Å². The first kappa shape index (κ1) is 18.3. The second-order valence-corrected chi connectivity index (χ2v) is 8.23. The molecule has 2 unspecified atom stereocenters. The molecule has 0 fully saturated rings. The van der Waals surface area contributed by atoms with E-state index in [0.29, 0.717) is 5.71 Å². The predicted molar refractivity (Wildman–Crippen MR) is 121 cm³/mol. The summed E-state index contributed by atoms with van der Waals surface area (Å²) in [5.41, 5.74) is 11.3. The number of fused-ring (bicyclic) bond motifs is 2. The van der Waals surface area contributed by atoms with Crippen molar-refractivity contribution < 1.29 is 5.11 Å². The molecule has 0 amide bonds. The number of nitrogens with two attached hydrogens (primary N) is 1. The maximum absolute atomic E-state index is 11.4. The molecule has 0 saturated heterocycles. The summed E-state index contributed by atoms with van der Waals surface area (Å²) in [6.07, 6.45) is 3.85. The summed E-state index contributed by atoms with van der Waals surface area (Å²) >= 11 is 5.29. The lowest BCUT2D eigenvalue weighted by molar-refractivity contribution is 0.165. The quantitative estimate of drug-likeness (QED) is 0.635. The van der Waals surface area contributed by atoms with Crippen LogP contribution in [0, 0.1) is 0 Å². The van der Waals surface area contributed by atoms with Gasteiger partial charge in [0.1, 0.15) is 12.1 Å². The van der Waals surface area contributed by atoms with Crippen LogP contribution in [0.2, 0.25) is 0 Å². The second-order valence-electron chi connectivity index (χ2n) is 7.82. The fraction of sp³-hybridized carbons (Fsp3) is 0.250. The number of aliphatic hydroxyl groups is 1. The van der Waals surface area contributed by atoms with Gasteiger partial charge in [0.15, 0.2) is 5.11 Å². The molecule has 0 spiro atoms. The minimum absolute atomic E-state index is 0.162. The Morgan fingerprint density at radius 1 is 1.00 bits per heavy atom. The number of aliphatic hydroxyl groups excluding tert-OH is 1. The molecule has 3 aromatic rings. The Bertz CT molecular complexity index is 1130. The Morgan fingerprint density at radius 2 is 1.76 bits per heavy atom. The average Bonchev–Trinajstić information content (AvgIpc) is 3.10. The molecule has 4 nitrogen and oxygen atoms in total. The molecule has 0 saturated carbocycles. The van der Waals surface area contributed by atoms with E-state index in [1.165, 1.54) is 24.0 Å². The van der Waals surface area contributed by atoms with Crippen molar-refractivity contribution in [3.05, 3.63) is 82.9 Å². The van der Waals surface area contributed by atoms with Gasteiger partial charge in [-0.15, -0.1) is 0 Å². The van der Waals surface area contributed by atoms with Crippen LogP contribution in [0.3, 0.4) is 0 Å². The summed E-state index contributed by atoms with van der Waals surface area (Å²) < 4.78 is 0. The van der Waals surface area contributed by atoms with Crippen molar-refractivity contribution >= 4 is 33.8 Å². The molecule has 1 aliphatic carbocycles. The third-order valence-electron chi connectivity index (χ3n) is 6.07. The molecule has 3 N–H and O–H groups in total. The van der Waals surface area contributed by atoms with E-state index in [9.17, 15) is 5.11 Å². The highest BCUT2D eigenvalue weighted by Gasteiger charge is 2.40. The number of thiocarbonyl (C=S) groups is 1. The van der Waals surface area contributed by atoms with Crippen molar-refractivity contribution in [2.24, 2.45) is 10.8 Å². The van der Waals surface area contributed by atoms with Gasteiger partial charge in [0.05, 0.1) is 5.71 Å². The molecule has 0 aromatic heterocycles. The van der Waals surface area contributed by atoms with E-state index < -0.39 is 12.1 Å². The van der Waals surface area contributed by atoms with Crippen LogP contribution >= 0.6 is 12.2 Å². The van der Waals surface area contributed by atoms with Crippen LogP contribution in [-0.4, -0.2) is 27.0 Å². The fourth-order valence-electron chi connectivity index (χ4n) is 4.64. The van der Waals surface area contributed by atoms with Crippen LogP contribution in [0.5, 0.6) is 0 Å². The van der Waals surface area contributed by atoms with Gasteiger partial charge in [-0.25, -0.2) is 5.01 Å². The number of benzene rings is 3. The summed E-state index contributed by atoms with van der Waals surface area (Å²) in [5, 5.41) is 20.0. The van der Waals surface area contributed by atoms with E-state index in [1.54, 1.807) is 5.01 Å². The van der Waals surface area contributed by atoms with Crippen molar-refractivity contribution in [3.63, 3.8) is 0 Å². The molecule has 5 heteroatoms. The SMILES string of the molecule is NC(=S)N1N=C(c2ccc3c(c2)CCCC3)C(O)C1c1cccc2ccccc12. The molecule has 5 rings (SSSR count). The lowest BCUT2D eigenvalue weighted by Gasteiger charge is -2.25. The maximum atomic E-state index is 11.4. The van der Waals surface area contributed by atoms with E-state index in [-0.39, 0.29) is 5.11 Å². The zero-order chi connectivity index (χ0) is 20.0. The van der Waals surface area contributed by atoms with Crippen LogP contribution in [-0.2, 0) is 12.8 Å². The predicted octanol–water partition coefficient (Wildman–Crippen LogP) is 4.08. The molecule has 2 aliphatic rings. The normalized spacial score (nSPS) is 21.1. The van der Waals surface area contributed by atoms with E-state index in [2.05, 4.69) is 41.5 Å². The largest absolute Gasteiger partial charge is 0.384 e. The number of nitrogens with zero attached hydrogens (tertiary/aromatic N) is 2. The first-order valence-corrected chi connectivity index (χ1v) is 10.5. The Kier molecular flexibility index (Phi) is 4.57. The lowest BCUT2D eigenvalue weighted by Crippen LogP contribution is -2.36. The van der Waals surface area contributed by atoms with E-state index in [0.717, 1.165) is 34.7 Å². The Morgan fingerprint density at radius 3 is 2.59 bits per heavy atom. The highest BCUT2D eigenvalue weighted by molar-refractivity contribution is 7.80. The van der Waals surface area contributed by atoms with E-state index >= 15 is 0 Å². The van der Waals surface area contributed by atoms with Crippen LogP contribution in [0.1, 0.15) is 41.1 Å². The van der Waals surface area contributed by atoms with Gasteiger partial charge in [0, 0.05) is 5.56 Å². The summed E-state index contributed by atoms with van der Waals surface area (Å²) in [7, 11) is 0. The van der Waals surface area contributed by atoms with Crippen LogP contribution in [0.4, 0.5) is 0 Å². The molecule has 1 aliphatic heterocycles. The molecule has 3 aromatic carbocycles. The minimum Gasteiger partial charge on any atom is -0.384 e. The lowest BCUT2D eigenvalue weighted by atomic mass is 9.87. The van der Waals surface area contributed by atoms with E-state index in [4.69, 9.17) is 18.0 Å². The van der Waals surface area contributed by atoms with Crippen molar-refractivity contribution in [3.8, 4) is 0 Å². The molecular formula is C24H23N3OS. The van der Waals surface area contributed by atoms with Crippen molar-refractivity contribution in [2.45, 2.75) is 37.8 Å². The van der Waals surface area contributed by atoms with Gasteiger partial charge in [-0.1, -0.05) is 54.6 Å². The fourth-order valence-corrected chi connectivity index (χ4v) is 4.79. The first-order valence-electron chi connectivity index (χ1n) is 10.1. The molecule has 1 heterocycles. The summed E-state index contributed by atoms with van der Waals surface area (Å²) in [4.78, 5) is 0. The Labute approximate surface area is 175 Å². The highest BCUT2D eigenvalue weighted by Crippen LogP contribution is 2.37. The third kappa shape index (κ3) is 3.11. The van der Waals surface area contributed by atoms with Crippen LogP contribution < -0.4 is 5.73 Å². The monoisotopic (exact) mass is 401 g/mol. The number of hydrazone groups is 1. The van der Waals surface area contributed by atoms with Gasteiger partial charge in [-0.05, 0) is 71.4 Å². The maximum Gasteiger partial charge on any atom is 0.187 e. The van der Waals surface area contributed by atoms with E-state index in [1.807, 2.05) is 24.3 Å².